The summed E-state index contributed by atoms with van der Waals surface area (Å²) in [6, 6.07) is 4.88. The monoisotopic (exact) mass is 235 g/mol. The van der Waals surface area contributed by atoms with E-state index in [0.717, 1.165) is 4.57 Å². The van der Waals surface area contributed by atoms with Crippen molar-refractivity contribution in [3.8, 4) is 5.75 Å². The third kappa shape index (κ3) is 1.83. The highest BCUT2D eigenvalue weighted by atomic mass is 16.5. The molecule has 2 aromatic rings. The number of aromatic nitrogens is 2. The summed E-state index contributed by atoms with van der Waals surface area (Å²) in [4.78, 5) is 26.3. The third-order valence-corrected chi connectivity index (χ3v) is 2.54. The molecule has 2 rings (SSSR count). The highest BCUT2D eigenvalue weighted by Gasteiger charge is 2.10. The predicted octanol–water partition coefficient (Wildman–Crippen LogP) is 0.176. The zero-order chi connectivity index (χ0) is 12.6. The summed E-state index contributed by atoms with van der Waals surface area (Å²) in [5.74, 6) is 0.554. The highest BCUT2D eigenvalue weighted by Crippen LogP contribution is 2.15. The first kappa shape index (κ1) is 11.4. The van der Waals surface area contributed by atoms with Gasteiger partial charge in [-0.05, 0) is 25.1 Å². The number of hydrogen-bond acceptors (Lipinski definition) is 4. The number of nitrogens with two attached hydrogens (primary N) is 1. The van der Waals surface area contributed by atoms with Gasteiger partial charge in [0.1, 0.15) is 5.75 Å². The van der Waals surface area contributed by atoms with Crippen molar-refractivity contribution in [2.75, 3.05) is 7.11 Å². The van der Waals surface area contributed by atoms with Crippen molar-refractivity contribution < 1.29 is 4.74 Å². The molecule has 0 saturated carbocycles. The molecule has 0 amide bonds. The Morgan fingerprint density at radius 1 is 1.41 bits per heavy atom. The quantitative estimate of drug-likeness (QED) is 0.776. The Labute approximate surface area is 96.6 Å². The van der Waals surface area contributed by atoms with E-state index in [1.807, 2.05) is 0 Å². The number of ether oxygens (including phenoxy) is 1. The molecule has 6 nitrogen and oxygen atoms in total. The summed E-state index contributed by atoms with van der Waals surface area (Å²) < 4.78 is 6.01. The van der Waals surface area contributed by atoms with Gasteiger partial charge in [0.2, 0.25) is 0 Å². The van der Waals surface area contributed by atoms with Crippen LogP contribution in [0.15, 0.2) is 27.8 Å². The first-order valence-corrected chi connectivity index (χ1v) is 5.12. The summed E-state index contributed by atoms with van der Waals surface area (Å²) in [6.45, 7) is 1.57. The van der Waals surface area contributed by atoms with Crippen LogP contribution in [0.5, 0.6) is 5.75 Å². The largest absolute Gasteiger partial charge is 0.497 e. The molecule has 1 heterocycles. The average molecular weight is 235 g/mol. The number of benzene rings is 1. The van der Waals surface area contributed by atoms with Crippen LogP contribution in [0, 0.1) is 0 Å². The summed E-state index contributed by atoms with van der Waals surface area (Å²) in [6.07, 6.45) is -0.679. The lowest BCUT2D eigenvalue weighted by Gasteiger charge is -2.09. The molecule has 0 radical (unpaired) electrons. The Kier molecular flexibility index (Phi) is 2.72. The average Bonchev–Trinajstić information content (AvgIpc) is 2.28. The maximum atomic E-state index is 12.1. The van der Waals surface area contributed by atoms with Crippen LogP contribution in [0.3, 0.4) is 0 Å². The summed E-state index contributed by atoms with van der Waals surface area (Å²) >= 11 is 0. The minimum Gasteiger partial charge on any atom is -0.497 e. The first-order chi connectivity index (χ1) is 8.04. The zero-order valence-corrected chi connectivity index (χ0v) is 9.56. The van der Waals surface area contributed by atoms with Crippen molar-refractivity contribution in [3.05, 3.63) is 39.0 Å². The van der Waals surface area contributed by atoms with Gasteiger partial charge in [-0.3, -0.25) is 4.79 Å². The van der Waals surface area contributed by atoms with E-state index >= 15 is 0 Å². The van der Waals surface area contributed by atoms with Gasteiger partial charge in [-0.1, -0.05) is 0 Å². The van der Waals surface area contributed by atoms with Gasteiger partial charge in [-0.25, -0.2) is 9.36 Å². The summed E-state index contributed by atoms with van der Waals surface area (Å²) in [5, 5.41) is 0.376. The number of aromatic amines is 1. The molecule has 0 aliphatic carbocycles. The number of methoxy groups -OCH3 is 1. The van der Waals surface area contributed by atoms with Crippen molar-refractivity contribution >= 4 is 10.9 Å². The number of nitrogens with one attached hydrogen (secondary N) is 1. The van der Waals surface area contributed by atoms with Gasteiger partial charge in [-0.2, -0.15) is 0 Å². The van der Waals surface area contributed by atoms with Crippen LogP contribution in [0.25, 0.3) is 10.9 Å². The molecule has 6 heteroatoms. The number of H-pyrrole nitrogens is 1. The first-order valence-electron chi connectivity index (χ1n) is 5.12. The summed E-state index contributed by atoms with van der Waals surface area (Å²) in [5.41, 5.74) is 5.13. The minimum absolute atomic E-state index is 0.376. The van der Waals surface area contributed by atoms with Gasteiger partial charge in [0.15, 0.2) is 0 Å². The van der Waals surface area contributed by atoms with E-state index in [2.05, 4.69) is 4.98 Å². The van der Waals surface area contributed by atoms with Gasteiger partial charge in [0, 0.05) is 0 Å². The van der Waals surface area contributed by atoms with Crippen LogP contribution in [0.2, 0.25) is 0 Å². The summed E-state index contributed by atoms with van der Waals surface area (Å²) in [7, 11) is 1.51. The van der Waals surface area contributed by atoms with E-state index in [-0.39, 0.29) is 0 Å². The molecule has 0 aliphatic rings. The van der Waals surface area contributed by atoms with Crippen molar-refractivity contribution in [2.24, 2.45) is 5.73 Å². The molecule has 90 valence electrons. The van der Waals surface area contributed by atoms with E-state index < -0.39 is 17.4 Å². The Bertz CT molecular complexity index is 670. The molecule has 17 heavy (non-hydrogen) atoms. The molecule has 0 spiro atoms. The number of hydrogen-bond donors (Lipinski definition) is 2. The lowest BCUT2D eigenvalue weighted by atomic mass is 10.2. The minimum atomic E-state index is -0.679. The van der Waals surface area contributed by atoms with Crippen LogP contribution in [0.4, 0.5) is 0 Å². The molecule has 3 N–H and O–H groups in total. The van der Waals surface area contributed by atoms with E-state index in [0.29, 0.717) is 16.7 Å². The van der Waals surface area contributed by atoms with E-state index in [4.69, 9.17) is 10.5 Å². The number of rotatable bonds is 2. The third-order valence-electron chi connectivity index (χ3n) is 2.54. The van der Waals surface area contributed by atoms with Crippen molar-refractivity contribution in [2.45, 2.75) is 13.1 Å². The Morgan fingerprint density at radius 2 is 2.12 bits per heavy atom. The van der Waals surface area contributed by atoms with Crippen LogP contribution in [-0.2, 0) is 0 Å². The van der Waals surface area contributed by atoms with Gasteiger partial charge < -0.3 is 15.5 Å². The molecule has 0 bridgehead atoms. The zero-order valence-electron chi connectivity index (χ0n) is 9.56. The van der Waals surface area contributed by atoms with Gasteiger partial charge in [0.05, 0.1) is 24.2 Å². The molecule has 1 aromatic heterocycles. The Hall–Kier alpha value is -2.08. The predicted molar refractivity (Wildman–Crippen MR) is 64.3 cm³/mol. The molecular formula is C11H13N3O3. The van der Waals surface area contributed by atoms with E-state index in [9.17, 15) is 9.59 Å². The fourth-order valence-corrected chi connectivity index (χ4v) is 1.70. The maximum Gasteiger partial charge on any atom is 0.330 e. The van der Waals surface area contributed by atoms with Crippen molar-refractivity contribution in [1.29, 1.82) is 0 Å². The topological polar surface area (TPSA) is 90.1 Å². The molecular weight excluding hydrogens is 222 g/mol. The number of nitrogens with zero attached hydrogens (tertiary/aromatic N) is 1. The lowest BCUT2D eigenvalue weighted by Crippen LogP contribution is -2.40. The lowest BCUT2D eigenvalue weighted by molar-refractivity contribution is 0.415. The second kappa shape index (κ2) is 4.06. The van der Waals surface area contributed by atoms with Crippen LogP contribution in [-0.4, -0.2) is 16.7 Å². The molecule has 0 aliphatic heterocycles. The smallest absolute Gasteiger partial charge is 0.330 e. The maximum absolute atomic E-state index is 12.1. The van der Waals surface area contributed by atoms with Gasteiger partial charge in [-0.15, -0.1) is 0 Å². The second-order valence-corrected chi connectivity index (χ2v) is 3.76. The van der Waals surface area contributed by atoms with Gasteiger partial charge in [0.25, 0.3) is 5.56 Å². The standard InChI is InChI=1S/C11H13N3O3/c1-6(12)14-10(15)8-5-7(17-2)3-4-9(8)13-11(14)16/h3-6H,12H2,1-2H3,(H,13,16). The van der Waals surface area contributed by atoms with E-state index in [1.165, 1.54) is 7.11 Å². The molecule has 1 aromatic carbocycles. The molecule has 0 fully saturated rings. The van der Waals surface area contributed by atoms with Crippen LogP contribution in [0.1, 0.15) is 13.1 Å². The Balaban J connectivity index is 2.89. The molecule has 1 unspecified atom stereocenters. The molecule has 0 saturated heterocycles. The second-order valence-electron chi connectivity index (χ2n) is 3.76. The fraction of sp³-hybridized carbons (Fsp3) is 0.273. The van der Waals surface area contributed by atoms with Gasteiger partial charge >= 0.3 is 5.69 Å². The number of fused-ring (bicyclic) bond motifs is 1. The molecule has 1 atom stereocenters. The van der Waals surface area contributed by atoms with E-state index in [1.54, 1.807) is 25.1 Å². The van der Waals surface area contributed by atoms with Crippen molar-refractivity contribution in [3.63, 3.8) is 0 Å². The normalized spacial score (nSPS) is 12.6. The SMILES string of the molecule is COc1ccc2[nH]c(=O)n(C(C)N)c(=O)c2c1. The van der Waals surface area contributed by atoms with Crippen LogP contribution >= 0.6 is 0 Å². The highest BCUT2D eigenvalue weighted by molar-refractivity contribution is 5.78. The fourth-order valence-electron chi connectivity index (χ4n) is 1.70. The van der Waals surface area contributed by atoms with Crippen molar-refractivity contribution in [1.82, 2.24) is 9.55 Å². The van der Waals surface area contributed by atoms with Crippen LogP contribution < -0.4 is 21.7 Å². The Morgan fingerprint density at radius 3 is 2.71 bits per heavy atom.